The standard InChI is InChI=1S/C28H38O13/c1-2-3-4-5-6-7-8-9-10-11-12-13-14-18-15-20(26(36)40-18)28(39,27(37)38)17-22(31)41-23(25(34)35)19(24(32)33)16-21(29)30/h6-7,9-10,13-14,18-20,23,39H,2-5,8,11-12,15-17H2,1H3,(H,29,30)(H,32,33)(H,34,35)(H,37,38)/b7-6-,10-9+,14-13+/t18-,19-,20-,23+,28+/m0/s1. The van der Waals surface area contributed by atoms with Crippen molar-refractivity contribution in [3.8, 4) is 0 Å². The molecule has 1 rings (SSSR count). The van der Waals surface area contributed by atoms with E-state index in [4.69, 9.17) is 14.9 Å². The summed E-state index contributed by atoms with van der Waals surface area (Å²) in [4.78, 5) is 70.4. The van der Waals surface area contributed by atoms with Gasteiger partial charge in [-0.3, -0.25) is 19.2 Å². The number of rotatable bonds is 20. The highest BCUT2D eigenvalue weighted by Gasteiger charge is 2.55. The lowest BCUT2D eigenvalue weighted by atomic mass is 9.82. The second-order valence-corrected chi connectivity index (χ2v) is 9.64. The van der Waals surface area contributed by atoms with Gasteiger partial charge in [0.15, 0.2) is 5.60 Å². The zero-order chi connectivity index (χ0) is 31.0. The molecule has 0 radical (unpaired) electrons. The molecule has 0 amide bonds. The molecule has 41 heavy (non-hydrogen) atoms. The zero-order valence-electron chi connectivity index (χ0n) is 22.8. The molecule has 1 saturated heterocycles. The van der Waals surface area contributed by atoms with E-state index in [0.717, 1.165) is 12.8 Å². The number of esters is 2. The second kappa shape index (κ2) is 17.6. The van der Waals surface area contributed by atoms with Gasteiger partial charge in [0.05, 0.1) is 12.8 Å². The Balaban J connectivity index is 2.74. The molecule has 1 heterocycles. The van der Waals surface area contributed by atoms with Crippen LogP contribution in [0.25, 0.3) is 0 Å². The summed E-state index contributed by atoms with van der Waals surface area (Å²) in [7, 11) is 0. The molecule has 0 spiro atoms. The van der Waals surface area contributed by atoms with Gasteiger partial charge in [-0.2, -0.15) is 0 Å². The molecular formula is C28H38O13. The van der Waals surface area contributed by atoms with E-state index >= 15 is 0 Å². The zero-order valence-corrected chi connectivity index (χ0v) is 22.8. The van der Waals surface area contributed by atoms with E-state index < -0.39 is 78.3 Å². The summed E-state index contributed by atoms with van der Waals surface area (Å²) in [5, 5.41) is 47.6. The molecule has 0 aliphatic carbocycles. The number of aliphatic carboxylic acids is 4. The first kappa shape index (κ1) is 35.0. The molecule has 0 unspecified atom stereocenters. The van der Waals surface area contributed by atoms with E-state index in [0.29, 0.717) is 12.8 Å². The van der Waals surface area contributed by atoms with Crippen LogP contribution in [0.1, 0.15) is 71.1 Å². The number of ether oxygens (including phenoxy) is 2. The van der Waals surface area contributed by atoms with Crippen molar-refractivity contribution >= 4 is 35.8 Å². The minimum absolute atomic E-state index is 0.302. The Morgan fingerprint density at radius 3 is 2.15 bits per heavy atom. The quantitative estimate of drug-likeness (QED) is 0.0792. The van der Waals surface area contributed by atoms with Crippen LogP contribution in [0.4, 0.5) is 0 Å². The molecule has 0 aromatic heterocycles. The predicted molar refractivity (Wildman–Crippen MR) is 141 cm³/mol. The fourth-order valence-electron chi connectivity index (χ4n) is 4.14. The van der Waals surface area contributed by atoms with E-state index in [1.165, 1.54) is 25.3 Å². The number of unbranched alkanes of at least 4 members (excludes halogenated alkanes) is 4. The number of carbonyl (C=O) groups excluding carboxylic acids is 2. The molecule has 13 heteroatoms. The number of carbonyl (C=O) groups is 6. The van der Waals surface area contributed by atoms with Crippen LogP contribution in [-0.4, -0.2) is 79.2 Å². The van der Waals surface area contributed by atoms with Crippen LogP contribution in [0.5, 0.6) is 0 Å². The van der Waals surface area contributed by atoms with Crippen molar-refractivity contribution < 1.29 is 63.8 Å². The molecule has 1 aliphatic heterocycles. The minimum Gasteiger partial charge on any atom is -0.481 e. The van der Waals surface area contributed by atoms with Crippen LogP contribution in [0.3, 0.4) is 0 Å². The van der Waals surface area contributed by atoms with Gasteiger partial charge in [0.25, 0.3) is 0 Å². The van der Waals surface area contributed by atoms with Crippen LogP contribution < -0.4 is 0 Å². The first-order chi connectivity index (χ1) is 19.3. The van der Waals surface area contributed by atoms with Crippen LogP contribution in [-0.2, 0) is 38.2 Å². The minimum atomic E-state index is -3.06. The summed E-state index contributed by atoms with van der Waals surface area (Å²) in [5.74, 6) is -14.2. The van der Waals surface area contributed by atoms with Gasteiger partial charge in [0.1, 0.15) is 17.9 Å². The average molecular weight is 583 g/mol. The molecule has 0 aromatic carbocycles. The number of hydrogen-bond acceptors (Lipinski definition) is 9. The Morgan fingerprint density at radius 1 is 0.951 bits per heavy atom. The fourth-order valence-corrected chi connectivity index (χ4v) is 4.14. The van der Waals surface area contributed by atoms with Crippen molar-refractivity contribution in [3.05, 3.63) is 36.5 Å². The molecule has 13 nitrogen and oxygen atoms in total. The third-order valence-corrected chi connectivity index (χ3v) is 6.39. The number of carboxylic acid groups (broad SMARTS) is 4. The first-order valence-electron chi connectivity index (χ1n) is 13.3. The van der Waals surface area contributed by atoms with Crippen LogP contribution >= 0.6 is 0 Å². The summed E-state index contributed by atoms with van der Waals surface area (Å²) in [5.41, 5.74) is -3.06. The van der Waals surface area contributed by atoms with E-state index in [2.05, 4.69) is 23.8 Å². The lowest BCUT2D eigenvalue weighted by Gasteiger charge is -2.27. The highest BCUT2D eigenvalue weighted by molar-refractivity contribution is 5.92. The summed E-state index contributed by atoms with van der Waals surface area (Å²) in [6.07, 6.45) is 12.0. The largest absolute Gasteiger partial charge is 0.481 e. The lowest BCUT2D eigenvalue weighted by Crippen LogP contribution is -2.50. The molecule has 0 saturated carbocycles. The number of aliphatic hydroxyl groups is 1. The van der Waals surface area contributed by atoms with Gasteiger partial charge in [-0.15, -0.1) is 0 Å². The Bertz CT molecular complexity index is 1030. The van der Waals surface area contributed by atoms with E-state index in [1.807, 2.05) is 12.2 Å². The van der Waals surface area contributed by atoms with E-state index in [1.54, 1.807) is 6.08 Å². The Hall–Kier alpha value is -4.00. The molecule has 1 fully saturated rings. The second-order valence-electron chi connectivity index (χ2n) is 9.64. The van der Waals surface area contributed by atoms with Gasteiger partial charge < -0.3 is 35.0 Å². The number of cyclic esters (lactones) is 1. The van der Waals surface area contributed by atoms with Gasteiger partial charge >= 0.3 is 35.8 Å². The smallest absolute Gasteiger partial charge is 0.345 e. The normalized spacial score (nSPS) is 20.1. The van der Waals surface area contributed by atoms with Gasteiger partial charge in [-0.1, -0.05) is 50.1 Å². The van der Waals surface area contributed by atoms with Crippen molar-refractivity contribution in [2.45, 2.75) is 88.9 Å². The molecule has 5 N–H and O–H groups in total. The van der Waals surface area contributed by atoms with E-state index in [9.17, 15) is 44.1 Å². The molecule has 1 aliphatic rings. The summed E-state index contributed by atoms with van der Waals surface area (Å²) in [6, 6.07) is 0. The molecule has 0 aromatic rings. The number of hydrogen-bond donors (Lipinski definition) is 5. The maximum atomic E-state index is 12.4. The highest BCUT2D eigenvalue weighted by Crippen LogP contribution is 2.35. The van der Waals surface area contributed by atoms with Crippen molar-refractivity contribution in [3.63, 3.8) is 0 Å². The Morgan fingerprint density at radius 2 is 1.59 bits per heavy atom. The van der Waals surface area contributed by atoms with Crippen LogP contribution in [0, 0.1) is 11.8 Å². The van der Waals surface area contributed by atoms with Gasteiger partial charge in [0, 0.05) is 6.42 Å². The topological polar surface area (TPSA) is 222 Å². The molecule has 228 valence electrons. The monoisotopic (exact) mass is 582 g/mol. The number of allylic oxidation sites excluding steroid dienone is 5. The van der Waals surface area contributed by atoms with Gasteiger partial charge in [0.2, 0.25) is 6.10 Å². The van der Waals surface area contributed by atoms with Crippen molar-refractivity contribution in [2.75, 3.05) is 0 Å². The molecule has 0 bridgehead atoms. The summed E-state index contributed by atoms with van der Waals surface area (Å²) in [6.45, 7) is 2.15. The van der Waals surface area contributed by atoms with Crippen molar-refractivity contribution in [1.82, 2.24) is 0 Å². The third-order valence-electron chi connectivity index (χ3n) is 6.39. The highest BCUT2D eigenvalue weighted by atomic mass is 16.6. The number of carboxylic acids is 4. The fraction of sp³-hybridized carbons (Fsp3) is 0.571. The predicted octanol–water partition coefficient (Wildman–Crippen LogP) is 2.71. The van der Waals surface area contributed by atoms with Gasteiger partial charge in [-0.05, 0) is 38.2 Å². The molecular weight excluding hydrogens is 544 g/mol. The maximum Gasteiger partial charge on any atom is 0.345 e. The summed E-state index contributed by atoms with van der Waals surface area (Å²) >= 11 is 0. The van der Waals surface area contributed by atoms with E-state index in [-0.39, 0.29) is 6.42 Å². The van der Waals surface area contributed by atoms with Gasteiger partial charge in [-0.25, -0.2) is 9.59 Å². The Labute approximate surface area is 237 Å². The summed E-state index contributed by atoms with van der Waals surface area (Å²) < 4.78 is 9.69. The van der Waals surface area contributed by atoms with Crippen molar-refractivity contribution in [1.29, 1.82) is 0 Å². The third kappa shape index (κ3) is 12.0. The van der Waals surface area contributed by atoms with Crippen LogP contribution in [0.2, 0.25) is 0 Å². The maximum absolute atomic E-state index is 12.4. The lowest BCUT2D eigenvalue weighted by molar-refractivity contribution is -0.184. The SMILES string of the molecule is CCCCC/C=C\C/C=C/CC/C=C/[C@H]1C[C@H]([C@](O)(CC(=O)O[C@@H](C(=O)O)[C@H](CC(=O)O)C(=O)O)C(=O)O)C(=O)O1. The van der Waals surface area contributed by atoms with Crippen LogP contribution in [0.15, 0.2) is 36.5 Å². The van der Waals surface area contributed by atoms with Crippen molar-refractivity contribution in [2.24, 2.45) is 11.8 Å². The average Bonchev–Trinajstić information content (AvgIpc) is 3.26. The first-order valence-corrected chi connectivity index (χ1v) is 13.3. The Kier molecular flexibility index (Phi) is 15.1. The molecule has 5 atom stereocenters.